The zero-order valence-corrected chi connectivity index (χ0v) is 13.2. The second kappa shape index (κ2) is 7.41. The molecule has 2 aromatic rings. The molecule has 0 amide bonds. The van der Waals surface area contributed by atoms with E-state index in [1.54, 1.807) is 11.3 Å². The van der Waals surface area contributed by atoms with Crippen molar-refractivity contribution in [3.8, 4) is 16.3 Å². The Bertz CT molecular complexity index is 520. The maximum atomic E-state index is 5.65. The number of aromatic nitrogens is 1. The molecule has 0 saturated heterocycles. The maximum absolute atomic E-state index is 5.65. The molecule has 0 bridgehead atoms. The maximum Gasteiger partial charge on any atom is 0.123 e. The predicted molar refractivity (Wildman–Crippen MR) is 85.3 cm³/mol. The molecule has 0 atom stereocenters. The van der Waals surface area contributed by atoms with Gasteiger partial charge in [0.2, 0.25) is 0 Å². The minimum Gasteiger partial charge on any atom is -0.491 e. The van der Waals surface area contributed by atoms with Crippen molar-refractivity contribution in [3.63, 3.8) is 0 Å². The molecule has 20 heavy (non-hydrogen) atoms. The van der Waals surface area contributed by atoms with Crippen molar-refractivity contribution in [3.05, 3.63) is 35.3 Å². The third-order valence-corrected chi connectivity index (χ3v) is 3.80. The molecule has 2 rings (SSSR count). The summed E-state index contributed by atoms with van der Waals surface area (Å²) in [6.07, 6.45) is 3.32. The normalized spacial score (nSPS) is 11.0. The molecule has 0 saturated carbocycles. The van der Waals surface area contributed by atoms with Crippen LogP contribution in [0.3, 0.4) is 0 Å². The van der Waals surface area contributed by atoms with E-state index in [0.717, 1.165) is 35.8 Å². The summed E-state index contributed by atoms with van der Waals surface area (Å²) >= 11 is 1.74. The molecule has 1 heterocycles. The Kier molecular flexibility index (Phi) is 5.56. The van der Waals surface area contributed by atoms with E-state index in [0.29, 0.717) is 0 Å². The monoisotopic (exact) mass is 290 g/mol. The lowest BCUT2D eigenvalue weighted by atomic mass is 10.2. The van der Waals surface area contributed by atoms with Gasteiger partial charge in [0.1, 0.15) is 10.8 Å². The van der Waals surface area contributed by atoms with E-state index in [2.05, 4.69) is 29.4 Å². The summed E-state index contributed by atoms with van der Waals surface area (Å²) in [5.74, 6) is 0.908. The first-order valence-electron chi connectivity index (χ1n) is 7.11. The number of hydrogen-bond acceptors (Lipinski definition) is 4. The molecule has 4 heteroatoms. The third kappa shape index (κ3) is 4.32. The van der Waals surface area contributed by atoms with Gasteiger partial charge in [0.15, 0.2) is 0 Å². The Labute approximate surface area is 125 Å². The second-order valence-corrected chi connectivity index (χ2v) is 6.11. The lowest BCUT2D eigenvalue weighted by Gasteiger charge is -2.09. The number of benzene rings is 1. The molecule has 108 valence electrons. The van der Waals surface area contributed by atoms with Crippen molar-refractivity contribution < 1.29 is 4.74 Å². The van der Waals surface area contributed by atoms with E-state index in [-0.39, 0.29) is 6.10 Å². The largest absolute Gasteiger partial charge is 0.491 e. The fraction of sp³-hybridized carbons (Fsp3) is 0.438. The van der Waals surface area contributed by atoms with Crippen LogP contribution >= 0.6 is 11.3 Å². The number of nitrogens with zero attached hydrogens (tertiary/aromatic N) is 1. The minimum atomic E-state index is 0.206. The minimum absolute atomic E-state index is 0.206. The lowest BCUT2D eigenvalue weighted by Crippen LogP contribution is -2.12. The van der Waals surface area contributed by atoms with Crippen LogP contribution in [0, 0.1) is 0 Å². The van der Waals surface area contributed by atoms with Crippen LogP contribution in [0.15, 0.2) is 30.5 Å². The van der Waals surface area contributed by atoms with Crippen molar-refractivity contribution in [2.24, 2.45) is 0 Å². The van der Waals surface area contributed by atoms with Gasteiger partial charge in [-0.05, 0) is 51.1 Å². The Balaban J connectivity index is 2.00. The molecule has 0 fully saturated rings. The molecule has 0 aliphatic heterocycles. The van der Waals surface area contributed by atoms with Gasteiger partial charge in [0, 0.05) is 23.2 Å². The highest BCUT2D eigenvalue weighted by molar-refractivity contribution is 7.15. The first kappa shape index (κ1) is 15.0. The lowest BCUT2D eigenvalue weighted by molar-refractivity contribution is 0.242. The number of rotatable bonds is 7. The quantitative estimate of drug-likeness (QED) is 0.780. The molecule has 3 nitrogen and oxygen atoms in total. The first-order chi connectivity index (χ1) is 9.69. The summed E-state index contributed by atoms with van der Waals surface area (Å²) < 4.78 is 5.65. The van der Waals surface area contributed by atoms with E-state index in [1.807, 2.05) is 32.2 Å². The van der Waals surface area contributed by atoms with Crippen molar-refractivity contribution in [2.45, 2.75) is 39.8 Å². The Hall–Kier alpha value is -1.39. The van der Waals surface area contributed by atoms with Gasteiger partial charge in [0.05, 0.1) is 6.10 Å². The van der Waals surface area contributed by atoms with Gasteiger partial charge in [-0.25, -0.2) is 4.98 Å². The van der Waals surface area contributed by atoms with E-state index < -0.39 is 0 Å². The molecule has 1 aromatic carbocycles. The van der Waals surface area contributed by atoms with E-state index in [1.165, 1.54) is 4.88 Å². The van der Waals surface area contributed by atoms with Gasteiger partial charge in [-0.15, -0.1) is 11.3 Å². The van der Waals surface area contributed by atoms with E-state index >= 15 is 0 Å². The predicted octanol–water partition coefficient (Wildman–Crippen LogP) is 4.10. The van der Waals surface area contributed by atoms with Gasteiger partial charge in [-0.3, -0.25) is 0 Å². The average Bonchev–Trinajstić information content (AvgIpc) is 2.88. The highest BCUT2D eigenvalue weighted by atomic mass is 32.1. The Morgan fingerprint density at radius 3 is 2.65 bits per heavy atom. The third-order valence-electron chi connectivity index (χ3n) is 2.75. The van der Waals surface area contributed by atoms with Crippen LogP contribution in [-0.4, -0.2) is 17.6 Å². The molecule has 1 aromatic heterocycles. The Morgan fingerprint density at radius 1 is 1.25 bits per heavy atom. The smallest absolute Gasteiger partial charge is 0.123 e. The van der Waals surface area contributed by atoms with Gasteiger partial charge in [0.25, 0.3) is 0 Å². The van der Waals surface area contributed by atoms with Gasteiger partial charge in [-0.2, -0.15) is 0 Å². The standard InChI is InChI=1S/C16H22N2OS/c1-4-9-17-10-15-11-18-16(20-15)13-5-7-14(8-6-13)19-12(2)3/h5-8,11-12,17H,4,9-10H2,1-3H3. The highest BCUT2D eigenvalue weighted by Crippen LogP contribution is 2.27. The van der Waals surface area contributed by atoms with Crippen molar-refractivity contribution >= 4 is 11.3 Å². The summed E-state index contributed by atoms with van der Waals surface area (Å²) in [6.45, 7) is 8.19. The molecule has 0 aliphatic carbocycles. The van der Waals surface area contributed by atoms with Crippen LogP contribution in [0.4, 0.5) is 0 Å². The summed E-state index contributed by atoms with van der Waals surface area (Å²) in [7, 11) is 0. The fourth-order valence-corrected chi connectivity index (χ4v) is 2.75. The number of hydrogen-bond donors (Lipinski definition) is 1. The fourth-order valence-electron chi connectivity index (χ4n) is 1.86. The van der Waals surface area contributed by atoms with Crippen LogP contribution in [0.1, 0.15) is 32.1 Å². The summed E-state index contributed by atoms with van der Waals surface area (Å²) in [5, 5.41) is 4.46. The molecule has 1 N–H and O–H groups in total. The van der Waals surface area contributed by atoms with Crippen LogP contribution in [0.5, 0.6) is 5.75 Å². The van der Waals surface area contributed by atoms with Crippen LogP contribution in [0.25, 0.3) is 10.6 Å². The molecular formula is C16H22N2OS. The SMILES string of the molecule is CCCNCc1cnc(-c2ccc(OC(C)C)cc2)s1. The van der Waals surface area contributed by atoms with Crippen molar-refractivity contribution in [1.82, 2.24) is 10.3 Å². The number of nitrogens with one attached hydrogen (secondary N) is 1. The second-order valence-electron chi connectivity index (χ2n) is 5.00. The van der Waals surface area contributed by atoms with Gasteiger partial charge in [-0.1, -0.05) is 6.92 Å². The summed E-state index contributed by atoms with van der Waals surface area (Å²) in [6, 6.07) is 8.15. The topological polar surface area (TPSA) is 34.2 Å². The van der Waals surface area contributed by atoms with Gasteiger partial charge < -0.3 is 10.1 Å². The zero-order chi connectivity index (χ0) is 14.4. The first-order valence-corrected chi connectivity index (χ1v) is 7.93. The van der Waals surface area contributed by atoms with Crippen molar-refractivity contribution in [2.75, 3.05) is 6.54 Å². The van der Waals surface area contributed by atoms with E-state index in [4.69, 9.17) is 4.74 Å². The highest BCUT2D eigenvalue weighted by Gasteiger charge is 2.05. The molecule has 0 radical (unpaired) electrons. The van der Waals surface area contributed by atoms with Crippen LogP contribution < -0.4 is 10.1 Å². The number of thiazole rings is 1. The number of ether oxygens (including phenoxy) is 1. The average molecular weight is 290 g/mol. The van der Waals surface area contributed by atoms with Gasteiger partial charge >= 0.3 is 0 Å². The zero-order valence-electron chi connectivity index (χ0n) is 12.3. The summed E-state index contributed by atoms with van der Waals surface area (Å²) in [5.41, 5.74) is 1.15. The van der Waals surface area contributed by atoms with E-state index in [9.17, 15) is 0 Å². The summed E-state index contributed by atoms with van der Waals surface area (Å²) in [4.78, 5) is 5.77. The van der Waals surface area contributed by atoms with Crippen LogP contribution in [-0.2, 0) is 6.54 Å². The molecule has 0 unspecified atom stereocenters. The Morgan fingerprint density at radius 2 is 2.00 bits per heavy atom. The molecular weight excluding hydrogens is 268 g/mol. The molecule has 0 aliphatic rings. The van der Waals surface area contributed by atoms with Crippen LogP contribution in [0.2, 0.25) is 0 Å². The van der Waals surface area contributed by atoms with Crippen molar-refractivity contribution in [1.29, 1.82) is 0 Å². The molecule has 0 spiro atoms.